The summed E-state index contributed by atoms with van der Waals surface area (Å²) >= 11 is 0. The molecule has 0 aliphatic carbocycles. The quantitative estimate of drug-likeness (QED) is 0.830. The van der Waals surface area contributed by atoms with E-state index in [0.29, 0.717) is 6.42 Å². The third-order valence-electron chi connectivity index (χ3n) is 4.25. The average molecular weight is 291 g/mol. The monoisotopic (exact) mass is 291 g/mol. The number of hydrogen-bond acceptors (Lipinski definition) is 4. The van der Waals surface area contributed by atoms with E-state index in [0.717, 1.165) is 46.7 Å². The van der Waals surface area contributed by atoms with Crippen molar-refractivity contribution in [1.82, 2.24) is 4.90 Å². The number of hydrogen-bond donors (Lipinski definition) is 1. The first-order valence-corrected chi connectivity index (χ1v) is 7.51. The van der Waals surface area contributed by atoms with Crippen molar-refractivity contribution in [3.63, 3.8) is 0 Å². The average Bonchev–Trinajstić information content (AvgIpc) is 2.77. The molecule has 21 heavy (non-hydrogen) atoms. The Bertz CT molecular complexity index is 614. The van der Waals surface area contributed by atoms with Crippen LogP contribution < -0.4 is 4.74 Å². The molecule has 1 unspecified atom stereocenters. The number of ether oxygens (including phenoxy) is 1. The van der Waals surface area contributed by atoms with Gasteiger partial charge in [0.1, 0.15) is 23.3 Å². The van der Waals surface area contributed by atoms with Gasteiger partial charge in [0, 0.05) is 17.4 Å². The van der Waals surface area contributed by atoms with E-state index >= 15 is 0 Å². The highest BCUT2D eigenvalue weighted by molar-refractivity contribution is 5.86. The lowest BCUT2D eigenvalue weighted by Crippen LogP contribution is -2.36. The second-order valence-corrected chi connectivity index (χ2v) is 5.31. The van der Waals surface area contributed by atoms with Crippen molar-refractivity contribution in [2.24, 2.45) is 0 Å². The van der Waals surface area contributed by atoms with E-state index in [1.165, 1.54) is 0 Å². The number of aliphatic hydroxyl groups excluding tert-OH is 1. The molecule has 1 N–H and O–H groups in total. The lowest BCUT2D eigenvalue weighted by Gasteiger charge is -2.25. The SMILES string of the molecule is CCN(CC)C(O)Cc1c(OC)ccc2c(C)c(C)oc12. The number of aliphatic hydroxyl groups is 1. The molecule has 1 heterocycles. The Hall–Kier alpha value is -1.52. The Morgan fingerprint density at radius 3 is 2.48 bits per heavy atom. The van der Waals surface area contributed by atoms with Gasteiger partial charge in [-0.3, -0.25) is 4.90 Å². The summed E-state index contributed by atoms with van der Waals surface area (Å²) in [5.41, 5.74) is 2.91. The van der Waals surface area contributed by atoms with Crippen molar-refractivity contribution in [3.8, 4) is 5.75 Å². The minimum Gasteiger partial charge on any atom is -0.496 e. The topological polar surface area (TPSA) is 45.8 Å². The van der Waals surface area contributed by atoms with Crippen molar-refractivity contribution in [2.75, 3.05) is 20.2 Å². The van der Waals surface area contributed by atoms with E-state index in [-0.39, 0.29) is 0 Å². The number of rotatable bonds is 6. The molecule has 0 aliphatic heterocycles. The summed E-state index contributed by atoms with van der Waals surface area (Å²) < 4.78 is 11.4. The Morgan fingerprint density at radius 2 is 1.90 bits per heavy atom. The van der Waals surface area contributed by atoms with Gasteiger partial charge in [-0.2, -0.15) is 0 Å². The van der Waals surface area contributed by atoms with Crippen molar-refractivity contribution < 1.29 is 14.3 Å². The number of fused-ring (bicyclic) bond motifs is 1. The molecule has 116 valence electrons. The molecule has 1 aromatic heterocycles. The van der Waals surface area contributed by atoms with E-state index in [1.807, 2.05) is 37.8 Å². The van der Waals surface area contributed by atoms with Crippen LogP contribution in [0, 0.1) is 13.8 Å². The first-order valence-electron chi connectivity index (χ1n) is 7.51. The maximum absolute atomic E-state index is 10.4. The van der Waals surface area contributed by atoms with Gasteiger partial charge < -0.3 is 14.3 Å². The molecule has 1 aromatic carbocycles. The van der Waals surface area contributed by atoms with Gasteiger partial charge >= 0.3 is 0 Å². The molecule has 1 atom stereocenters. The molecule has 4 heteroatoms. The molecule has 2 aromatic rings. The van der Waals surface area contributed by atoms with Crippen molar-refractivity contribution >= 4 is 11.0 Å². The van der Waals surface area contributed by atoms with Gasteiger partial charge in [0.25, 0.3) is 0 Å². The summed E-state index contributed by atoms with van der Waals surface area (Å²) in [5, 5.41) is 11.5. The number of likely N-dealkylation sites (N-methyl/N-ethyl adjacent to an activating group) is 1. The van der Waals surface area contributed by atoms with E-state index < -0.39 is 6.23 Å². The summed E-state index contributed by atoms with van der Waals surface area (Å²) in [5.74, 6) is 1.68. The highest BCUT2D eigenvalue weighted by Crippen LogP contribution is 2.34. The molecule has 0 bridgehead atoms. The largest absolute Gasteiger partial charge is 0.496 e. The predicted molar refractivity (Wildman–Crippen MR) is 84.9 cm³/mol. The predicted octanol–water partition coefficient (Wildman–Crippen LogP) is 3.26. The van der Waals surface area contributed by atoms with E-state index in [9.17, 15) is 5.11 Å². The van der Waals surface area contributed by atoms with Gasteiger partial charge in [0.05, 0.1) is 7.11 Å². The molecule has 0 spiro atoms. The van der Waals surface area contributed by atoms with Crippen LogP contribution in [-0.2, 0) is 6.42 Å². The molecular weight excluding hydrogens is 266 g/mol. The van der Waals surface area contributed by atoms with Crippen LogP contribution in [0.15, 0.2) is 16.5 Å². The molecule has 2 rings (SSSR count). The van der Waals surface area contributed by atoms with Gasteiger partial charge in [0.15, 0.2) is 0 Å². The van der Waals surface area contributed by atoms with Gasteiger partial charge in [-0.05, 0) is 44.6 Å². The maximum atomic E-state index is 10.4. The van der Waals surface area contributed by atoms with Crippen LogP contribution >= 0.6 is 0 Å². The molecule has 0 radical (unpaired) electrons. The van der Waals surface area contributed by atoms with Crippen LogP contribution in [0.4, 0.5) is 0 Å². The second-order valence-electron chi connectivity index (χ2n) is 5.31. The minimum atomic E-state index is -0.537. The number of aryl methyl sites for hydroxylation is 2. The lowest BCUT2D eigenvalue weighted by molar-refractivity contribution is 0.0113. The lowest BCUT2D eigenvalue weighted by atomic mass is 10.0. The van der Waals surface area contributed by atoms with Gasteiger partial charge in [0.2, 0.25) is 0 Å². The minimum absolute atomic E-state index is 0.495. The smallest absolute Gasteiger partial charge is 0.141 e. The van der Waals surface area contributed by atoms with E-state index in [1.54, 1.807) is 7.11 Å². The molecular formula is C17H25NO3. The number of methoxy groups -OCH3 is 1. The second kappa shape index (κ2) is 6.50. The maximum Gasteiger partial charge on any atom is 0.141 e. The van der Waals surface area contributed by atoms with Crippen molar-refractivity contribution in [3.05, 3.63) is 29.0 Å². The summed E-state index contributed by atoms with van der Waals surface area (Å²) in [6.45, 7) is 9.74. The van der Waals surface area contributed by atoms with Crippen molar-refractivity contribution in [2.45, 2.75) is 40.3 Å². The third kappa shape index (κ3) is 2.92. The molecule has 0 saturated heterocycles. The fourth-order valence-electron chi connectivity index (χ4n) is 2.78. The Labute approximate surface area is 126 Å². The fourth-order valence-corrected chi connectivity index (χ4v) is 2.78. The van der Waals surface area contributed by atoms with Gasteiger partial charge in [-0.25, -0.2) is 0 Å². The summed E-state index contributed by atoms with van der Waals surface area (Å²) in [6, 6.07) is 3.97. The van der Waals surface area contributed by atoms with Crippen LogP contribution in [0.25, 0.3) is 11.0 Å². The molecule has 0 fully saturated rings. The highest BCUT2D eigenvalue weighted by atomic mass is 16.5. The highest BCUT2D eigenvalue weighted by Gasteiger charge is 2.20. The van der Waals surface area contributed by atoms with Crippen LogP contribution in [-0.4, -0.2) is 36.4 Å². The van der Waals surface area contributed by atoms with Gasteiger partial charge in [-0.1, -0.05) is 13.8 Å². The summed E-state index contributed by atoms with van der Waals surface area (Å²) in [6.07, 6.45) is -0.0422. The fraction of sp³-hybridized carbons (Fsp3) is 0.529. The third-order valence-corrected chi connectivity index (χ3v) is 4.25. The molecule has 0 aliphatic rings. The Kier molecular flexibility index (Phi) is 4.91. The standard InChI is InChI=1S/C17H25NO3/c1-6-18(7-2)16(19)10-14-15(20-5)9-8-13-11(3)12(4)21-17(13)14/h8-9,16,19H,6-7,10H2,1-5H3. The van der Waals surface area contributed by atoms with E-state index in [2.05, 4.69) is 6.92 Å². The zero-order valence-corrected chi connectivity index (χ0v) is 13.6. The molecule has 0 amide bonds. The first kappa shape index (κ1) is 15.9. The van der Waals surface area contributed by atoms with Crippen LogP contribution in [0.3, 0.4) is 0 Å². The van der Waals surface area contributed by atoms with Crippen LogP contribution in [0.5, 0.6) is 5.75 Å². The van der Waals surface area contributed by atoms with Gasteiger partial charge in [-0.15, -0.1) is 0 Å². The molecule has 0 saturated carbocycles. The number of benzene rings is 1. The van der Waals surface area contributed by atoms with Crippen molar-refractivity contribution in [1.29, 1.82) is 0 Å². The molecule has 4 nitrogen and oxygen atoms in total. The van der Waals surface area contributed by atoms with E-state index in [4.69, 9.17) is 9.15 Å². The zero-order chi connectivity index (χ0) is 15.6. The Morgan fingerprint density at radius 1 is 1.24 bits per heavy atom. The zero-order valence-electron chi connectivity index (χ0n) is 13.6. The number of furan rings is 1. The summed E-state index contributed by atoms with van der Waals surface area (Å²) in [4.78, 5) is 2.01. The van der Waals surface area contributed by atoms with Crippen LogP contribution in [0.1, 0.15) is 30.7 Å². The van der Waals surface area contributed by atoms with Crippen LogP contribution in [0.2, 0.25) is 0 Å². The number of nitrogens with zero attached hydrogens (tertiary/aromatic N) is 1. The summed E-state index contributed by atoms with van der Waals surface area (Å²) in [7, 11) is 1.65. The normalized spacial score (nSPS) is 13.1. The first-order chi connectivity index (χ1) is 10.0. The Balaban J connectivity index is 2.47.